The molecule has 0 unspecified atom stereocenters. The van der Waals surface area contributed by atoms with Gasteiger partial charge in [-0.2, -0.15) is 23.8 Å². The van der Waals surface area contributed by atoms with Gasteiger partial charge in [-0.3, -0.25) is 4.99 Å². The van der Waals surface area contributed by atoms with Crippen LogP contribution in [0.2, 0.25) is 0 Å². The number of nitrogens with zero attached hydrogens (tertiary/aromatic N) is 1. The van der Waals surface area contributed by atoms with E-state index in [1.54, 1.807) is 6.08 Å². The summed E-state index contributed by atoms with van der Waals surface area (Å²) in [6, 6.07) is 8.92. The number of terminal acetylenes is 1. The summed E-state index contributed by atoms with van der Waals surface area (Å²) in [5.74, 6) is 3.22. The van der Waals surface area contributed by atoms with Crippen molar-refractivity contribution >= 4 is 11.5 Å². The van der Waals surface area contributed by atoms with Crippen LogP contribution in [0.25, 0.3) is 0 Å². The zero-order chi connectivity index (χ0) is 12.0. The Labute approximate surface area is 130 Å². The molecule has 0 bridgehead atoms. The first-order valence-electron chi connectivity index (χ1n) is 5.12. The van der Waals surface area contributed by atoms with Crippen LogP contribution in [0.5, 0.6) is 0 Å². The van der Waals surface area contributed by atoms with E-state index in [4.69, 9.17) is 12.2 Å². The second kappa shape index (κ2) is 8.22. The van der Waals surface area contributed by atoms with Gasteiger partial charge in [0.25, 0.3) is 0 Å². The summed E-state index contributed by atoms with van der Waals surface area (Å²) >= 11 is 0. The summed E-state index contributed by atoms with van der Waals surface area (Å²) in [4.78, 5) is 4.18. The van der Waals surface area contributed by atoms with Crippen molar-refractivity contribution in [2.75, 3.05) is 0 Å². The smallest absolute Gasteiger partial charge is 0.111 e. The molecule has 0 saturated heterocycles. The van der Waals surface area contributed by atoms with Gasteiger partial charge in [0.05, 0.1) is 0 Å². The third kappa shape index (κ3) is 5.82. The van der Waals surface area contributed by atoms with E-state index in [0.717, 1.165) is 11.3 Å². The third-order valence-corrected chi connectivity index (χ3v) is 2.05. The van der Waals surface area contributed by atoms with Gasteiger partial charge in [-0.1, -0.05) is 19.8 Å². The van der Waals surface area contributed by atoms with Gasteiger partial charge < -0.3 is 5.73 Å². The van der Waals surface area contributed by atoms with Crippen LogP contribution in [0.15, 0.2) is 35.3 Å². The minimum atomic E-state index is 0. The Morgan fingerprint density at radius 3 is 2.76 bits per heavy atom. The molecule has 17 heavy (non-hydrogen) atoms. The average molecular weight is 302 g/mol. The molecule has 0 saturated carbocycles. The van der Waals surface area contributed by atoms with Crippen molar-refractivity contribution in [3.05, 3.63) is 42.0 Å². The molecular weight excluding hydrogens is 285 g/mol. The molecule has 0 atom stereocenters. The molecule has 2 nitrogen and oxygen atoms in total. The number of hydrogen-bond donors (Lipinski definition) is 1. The van der Waals surface area contributed by atoms with Crippen molar-refractivity contribution < 1.29 is 34.1 Å². The fourth-order valence-electron chi connectivity index (χ4n) is 1.18. The topological polar surface area (TPSA) is 38.4 Å². The monoisotopic (exact) mass is 302 g/mol. The average Bonchev–Trinajstić information content (AvgIpc) is 2.27. The van der Waals surface area contributed by atoms with Gasteiger partial charge in [0.1, 0.15) is 5.84 Å². The normalized spacial score (nSPS) is 11.3. The standard InChI is InChI=1S/C14H15N2.Y.H2/c1-4-5-6-14(15)16-13-9-7-12(8-10-13)11(2)3;;/h1,5-7,9-11H,2-3H3,(H2,15,16);;1H/q-1;;/b6-5-;;. The van der Waals surface area contributed by atoms with Crippen LogP contribution in [-0.2, 0) is 32.7 Å². The third-order valence-electron chi connectivity index (χ3n) is 2.05. The fraction of sp³-hybridized carbons (Fsp3) is 0.214. The predicted octanol–water partition coefficient (Wildman–Crippen LogP) is 3.03. The van der Waals surface area contributed by atoms with Gasteiger partial charge in [0.2, 0.25) is 0 Å². The molecule has 87 valence electrons. The van der Waals surface area contributed by atoms with Gasteiger partial charge in [0.15, 0.2) is 0 Å². The first kappa shape index (κ1) is 16.1. The van der Waals surface area contributed by atoms with Crippen LogP contribution in [0.4, 0.5) is 5.69 Å². The summed E-state index contributed by atoms with van der Waals surface area (Å²) in [7, 11) is 0. The quantitative estimate of drug-likeness (QED) is 0.396. The molecule has 0 aromatic heterocycles. The first-order valence-corrected chi connectivity index (χ1v) is 5.12. The fourth-order valence-corrected chi connectivity index (χ4v) is 1.18. The first-order chi connectivity index (χ1) is 7.63. The molecule has 1 aromatic rings. The molecule has 0 aliphatic rings. The number of amidine groups is 1. The van der Waals surface area contributed by atoms with Crippen molar-refractivity contribution in [2.45, 2.75) is 19.8 Å². The molecule has 0 aliphatic carbocycles. The molecular formula is C14H17N2Y-. The van der Waals surface area contributed by atoms with Gasteiger partial charge in [-0.25, -0.2) is 0 Å². The number of allylic oxidation sites excluding steroid dienone is 1. The molecule has 3 heteroatoms. The zero-order valence-electron chi connectivity index (χ0n) is 10.1. The molecule has 0 fully saturated rings. The second-order valence-electron chi connectivity index (χ2n) is 3.69. The van der Waals surface area contributed by atoms with E-state index in [1.807, 2.05) is 18.2 Å². The van der Waals surface area contributed by atoms with E-state index in [0.29, 0.717) is 11.8 Å². The minimum absolute atomic E-state index is 0. The van der Waals surface area contributed by atoms with E-state index in [1.165, 1.54) is 6.08 Å². The molecule has 0 heterocycles. The maximum Gasteiger partial charge on any atom is 0.111 e. The summed E-state index contributed by atoms with van der Waals surface area (Å²) in [5, 5.41) is 0. The van der Waals surface area contributed by atoms with Crippen LogP contribution in [0, 0.1) is 18.4 Å². The Hall–Kier alpha value is -0.906. The van der Waals surface area contributed by atoms with Crippen LogP contribution >= 0.6 is 0 Å². The van der Waals surface area contributed by atoms with Crippen molar-refractivity contribution in [3.63, 3.8) is 0 Å². The molecule has 1 radical (unpaired) electrons. The minimum Gasteiger partial charge on any atom is -0.385 e. The van der Waals surface area contributed by atoms with Crippen LogP contribution in [0.1, 0.15) is 26.8 Å². The maximum atomic E-state index is 5.64. The van der Waals surface area contributed by atoms with Crippen molar-refractivity contribution in [1.82, 2.24) is 0 Å². The van der Waals surface area contributed by atoms with Gasteiger partial charge in [-0.05, 0) is 23.8 Å². The molecule has 2 N–H and O–H groups in total. The SMILES string of the molecule is C#C/C=C\C(N)=Nc1c[c-]c(C(C)C)cc1.[HH].[Y]. The molecule has 0 aliphatic heterocycles. The summed E-state index contributed by atoms with van der Waals surface area (Å²) < 4.78 is 0. The number of nitrogens with two attached hydrogens (primary N) is 1. The number of hydrogen-bond acceptors (Lipinski definition) is 1. The number of rotatable bonds is 3. The second-order valence-corrected chi connectivity index (χ2v) is 3.69. The van der Waals surface area contributed by atoms with Crippen LogP contribution in [-0.4, -0.2) is 5.84 Å². The Balaban J connectivity index is 0. The Kier molecular flexibility index (Phi) is 7.79. The number of benzene rings is 1. The van der Waals surface area contributed by atoms with Crippen molar-refractivity contribution in [2.24, 2.45) is 10.7 Å². The Morgan fingerprint density at radius 1 is 1.59 bits per heavy atom. The Morgan fingerprint density at radius 2 is 2.29 bits per heavy atom. The van der Waals surface area contributed by atoms with Crippen LogP contribution < -0.4 is 5.73 Å². The van der Waals surface area contributed by atoms with E-state index in [-0.39, 0.29) is 34.1 Å². The Bertz CT molecular complexity index is 442. The molecule has 1 aromatic carbocycles. The van der Waals surface area contributed by atoms with Gasteiger partial charge in [-0.15, -0.1) is 12.5 Å². The molecule has 1 rings (SSSR count). The predicted molar refractivity (Wildman–Crippen MR) is 70.7 cm³/mol. The van der Waals surface area contributed by atoms with E-state index >= 15 is 0 Å². The molecule has 0 spiro atoms. The van der Waals surface area contributed by atoms with Crippen molar-refractivity contribution in [1.29, 1.82) is 0 Å². The van der Waals surface area contributed by atoms with E-state index in [9.17, 15) is 0 Å². The van der Waals surface area contributed by atoms with Gasteiger partial charge in [0, 0.05) is 34.1 Å². The largest absolute Gasteiger partial charge is 0.385 e. The molecule has 0 amide bonds. The number of aliphatic imine (C=N–C) groups is 1. The summed E-state index contributed by atoms with van der Waals surface area (Å²) in [6.07, 6.45) is 8.18. The van der Waals surface area contributed by atoms with E-state index < -0.39 is 0 Å². The van der Waals surface area contributed by atoms with E-state index in [2.05, 4.69) is 30.8 Å². The summed E-state index contributed by atoms with van der Waals surface area (Å²) in [6.45, 7) is 4.25. The zero-order valence-corrected chi connectivity index (χ0v) is 13.0. The maximum absolute atomic E-state index is 5.64. The summed E-state index contributed by atoms with van der Waals surface area (Å²) in [5.41, 5.74) is 7.59. The van der Waals surface area contributed by atoms with Gasteiger partial charge >= 0.3 is 0 Å². The van der Waals surface area contributed by atoms with Crippen molar-refractivity contribution in [3.8, 4) is 12.3 Å². The van der Waals surface area contributed by atoms with Crippen LogP contribution in [0.3, 0.4) is 0 Å².